The minimum atomic E-state index is -0.771. The molecule has 1 atom stereocenters. The van der Waals surface area contributed by atoms with Crippen LogP contribution in [0.4, 0.5) is 5.69 Å². The molecule has 1 N–H and O–H groups in total. The second-order valence-electron chi connectivity index (χ2n) is 12.1. The standard InChI is InChI=1S/C37H34N6O/c1-41-25-27(24-39-41)34-32-23-31(42-22-20-36(35(42)44)19-21-38-26-36)17-18-33(32)43(40-34)37(28-11-5-2-6-12-28,29-13-7-3-8-14-29)30-15-9-4-10-16-30/h2-18,23-25,38H,19-22,26H2,1H3. The van der Waals surface area contributed by atoms with Gasteiger partial charge in [-0.25, -0.2) is 4.68 Å². The van der Waals surface area contributed by atoms with Crippen LogP contribution in [0.25, 0.3) is 22.2 Å². The summed E-state index contributed by atoms with van der Waals surface area (Å²) in [7, 11) is 1.92. The fourth-order valence-corrected chi connectivity index (χ4v) is 7.40. The summed E-state index contributed by atoms with van der Waals surface area (Å²) < 4.78 is 3.99. The minimum Gasteiger partial charge on any atom is -0.316 e. The molecule has 0 aliphatic carbocycles. The summed E-state index contributed by atoms with van der Waals surface area (Å²) in [6.45, 7) is 2.39. The molecular weight excluding hydrogens is 544 g/mol. The van der Waals surface area contributed by atoms with Crippen LogP contribution in [0.2, 0.25) is 0 Å². The van der Waals surface area contributed by atoms with Crippen LogP contribution in [-0.4, -0.2) is 45.1 Å². The van der Waals surface area contributed by atoms with E-state index in [4.69, 9.17) is 5.10 Å². The molecule has 0 saturated carbocycles. The zero-order valence-electron chi connectivity index (χ0n) is 24.7. The number of fused-ring (bicyclic) bond motifs is 1. The van der Waals surface area contributed by atoms with Gasteiger partial charge in [0.05, 0.1) is 17.1 Å². The molecule has 218 valence electrons. The highest BCUT2D eigenvalue weighted by Crippen LogP contribution is 2.45. The van der Waals surface area contributed by atoms with Crippen molar-refractivity contribution >= 4 is 22.5 Å². The van der Waals surface area contributed by atoms with E-state index >= 15 is 0 Å². The van der Waals surface area contributed by atoms with Gasteiger partial charge in [0.25, 0.3) is 0 Å². The van der Waals surface area contributed by atoms with E-state index in [1.807, 2.05) is 29.0 Å². The van der Waals surface area contributed by atoms with Crippen LogP contribution in [0.1, 0.15) is 29.5 Å². The average molecular weight is 579 g/mol. The van der Waals surface area contributed by atoms with Crippen molar-refractivity contribution in [3.05, 3.63) is 138 Å². The Kier molecular flexibility index (Phi) is 6.24. The zero-order chi connectivity index (χ0) is 29.7. The van der Waals surface area contributed by atoms with Crippen molar-refractivity contribution in [2.24, 2.45) is 12.5 Å². The summed E-state index contributed by atoms with van der Waals surface area (Å²) in [6.07, 6.45) is 5.66. The highest BCUT2D eigenvalue weighted by molar-refractivity contribution is 6.03. The maximum Gasteiger partial charge on any atom is 0.234 e. The van der Waals surface area contributed by atoms with E-state index in [2.05, 4.69) is 124 Å². The maximum atomic E-state index is 13.8. The summed E-state index contributed by atoms with van der Waals surface area (Å²) in [5, 5.41) is 14.4. The molecular formula is C37H34N6O. The lowest BCUT2D eigenvalue weighted by Crippen LogP contribution is -2.38. The van der Waals surface area contributed by atoms with E-state index in [9.17, 15) is 4.79 Å². The number of hydrogen-bond acceptors (Lipinski definition) is 4. The Morgan fingerprint density at radius 2 is 1.45 bits per heavy atom. The second-order valence-corrected chi connectivity index (χ2v) is 12.1. The fraction of sp³-hybridized carbons (Fsp3) is 0.216. The SMILES string of the molecule is Cn1cc(-c2nn(C(c3ccccc3)(c3ccccc3)c3ccccc3)c3ccc(N4CCC5(CCNC5)C4=O)cc23)cn1. The first-order valence-electron chi connectivity index (χ1n) is 15.3. The number of benzene rings is 4. The monoisotopic (exact) mass is 578 g/mol. The summed E-state index contributed by atoms with van der Waals surface area (Å²) in [4.78, 5) is 15.8. The van der Waals surface area contributed by atoms with Gasteiger partial charge in [0.2, 0.25) is 5.91 Å². The smallest absolute Gasteiger partial charge is 0.234 e. The van der Waals surface area contributed by atoms with Crippen LogP contribution in [0.15, 0.2) is 122 Å². The van der Waals surface area contributed by atoms with Crippen LogP contribution in [0, 0.1) is 5.41 Å². The van der Waals surface area contributed by atoms with Crippen molar-refractivity contribution in [2.45, 2.75) is 18.4 Å². The zero-order valence-corrected chi connectivity index (χ0v) is 24.7. The molecule has 1 unspecified atom stereocenters. The number of aryl methyl sites for hydroxylation is 1. The molecule has 2 aliphatic rings. The van der Waals surface area contributed by atoms with Gasteiger partial charge in [-0.3, -0.25) is 9.48 Å². The molecule has 0 radical (unpaired) electrons. The van der Waals surface area contributed by atoms with Gasteiger partial charge in [-0.15, -0.1) is 0 Å². The third-order valence-corrected chi connectivity index (χ3v) is 9.60. The summed E-state index contributed by atoms with van der Waals surface area (Å²) in [6, 6.07) is 38.2. The highest BCUT2D eigenvalue weighted by Gasteiger charge is 2.49. The number of rotatable bonds is 6. The third-order valence-electron chi connectivity index (χ3n) is 9.60. The van der Waals surface area contributed by atoms with Gasteiger partial charge in [0.15, 0.2) is 0 Å². The summed E-state index contributed by atoms with van der Waals surface area (Å²) in [5.41, 5.74) is 5.93. The number of aromatic nitrogens is 4. The lowest BCUT2D eigenvalue weighted by molar-refractivity contribution is -0.124. The van der Waals surface area contributed by atoms with Crippen LogP contribution >= 0.6 is 0 Å². The second kappa shape index (κ2) is 10.3. The van der Waals surface area contributed by atoms with Crippen molar-refractivity contribution in [2.75, 3.05) is 24.5 Å². The third kappa shape index (κ3) is 3.96. The van der Waals surface area contributed by atoms with Crippen LogP contribution in [0.5, 0.6) is 0 Å². The van der Waals surface area contributed by atoms with E-state index in [0.29, 0.717) is 0 Å². The molecule has 1 spiro atoms. The largest absolute Gasteiger partial charge is 0.316 e. The first-order valence-corrected chi connectivity index (χ1v) is 15.3. The topological polar surface area (TPSA) is 68.0 Å². The normalized spacial score (nSPS) is 18.6. The Morgan fingerprint density at radius 1 is 0.818 bits per heavy atom. The predicted octanol–water partition coefficient (Wildman–Crippen LogP) is 5.99. The average Bonchev–Trinajstić information content (AvgIpc) is 3.87. The number of carbonyl (C=O) groups excluding carboxylic acids is 1. The van der Waals surface area contributed by atoms with E-state index in [0.717, 1.165) is 77.0 Å². The van der Waals surface area contributed by atoms with Crippen molar-refractivity contribution in [1.82, 2.24) is 24.9 Å². The number of amides is 1. The minimum absolute atomic E-state index is 0.226. The number of carbonyl (C=O) groups is 1. The van der Waals surface area contributed by atoms with Crippen molar-refractivity contribution in [3.63, 3.8) is 0 Å². The molecule has 1 amide bonds. The van der Waals surface area contributed by atoms with E-state index in [1.54, 1.807) is 0 Å². The van der Waals surface area contributed by atoms with Crippen molar-refractivity contribution in [1.29, 1.82) is 0 Å². The number of hydrogen-bond donors (Lipinski definition) is 1. The molecule has 8 rings (SSSR count). The molecule has 2 saturated heterocycles. The van der Waals surface area contributed by atoms with Gasteiger partial charge in [-0.1, -0.05) is 91.0 Å². The summed E-state index contributed by atoms with van der Waals surface area (Å²) >= 11 is 0. The Morgan fingerprint density at radius 3 is 2.00 bits per heavy atom. The van der Waals surface area contributed by atoms with Crippen LogP contribution in [0.3, 0.4) is 0 Å². The number of anilines is 1. The molecule has 2 fully saturated rings. The van der Waals surface area contributed by atoms with Crippen molar-refractivity contribution < 1.29 is 4.79 Å². The first kappa shape index (κ1) is 26.6. The van der Waals surface area contributed by atoms with Gasteiger partial charge in [0.1, 0.15) is 11.2 Å². The predicted molar refractivity (Wildman–Crippen MR) is 173 cm³/mol. The molecule has 2 aliphatic heterocycles. The molecule has 0 bridgehead atoms. The molecule has 4 aromatic carbocycles. The molecule has 7 nitrogen and oxygen atoms in total. The molecule has 7 heteroatoms. The van der Waals surface area contributed by atoms with Crippen molar-refractivity contribution in [3.8, 4) is 11.3 Å². The van der Waals surface area contributed by atoms with Gasteiger partial charge in [-0.2, -0.15) is 10.2 Å². The highest BCUT2D eigenvalue weighted by atomic mass is 16.2. The van der Waals surface area contributed by atoms with Gasteiger partial charge >= 0.3 is 0 Å². The molecule has 2 aromatic heterocycles. The molecule has 4 heterocycles. The van der Waals surface area contributed by atoms with Gasteiger partial charge in [-0.05, 0) is 54.3 Å². The Hall–Kier alpha value is -5.01. The van der Waals surface area contributed by atoms with E-state index < -0.39 is 5.54 Å². The Balaban J connectivity index is 1.42. The Bertz CT molecular complexity index is 1860. The number of nitrogens with zero attached hydrogens (tertiary/aromatic N) is 5. The van der Waals surface area contributed by atoms with Crippen LogP contribution in [-0.2, 0) is 17.4 Å². The Labute approximate surface area is 256 Å². The molecule has 6 aromatic rings. The summed E-state index contributed by atoms with van der Waals surface area (Å²) in [5.74, 6) is 0.226. The van der Waals surface area contributed by atoms with E-state index in [1.165, 1.54) is 0 Å². The quantitative estimate of drug-likeness (QED) is 0.247. The van der Waals surface area contributed by atoms with Gasteiger partial charge in [0, 0.05) is 43.0 Å². The first-order chi connectivity index (χ1) is 21.6. The lowest BCUT2D eigenvalue weighted by atomic mass is 9.77. The number of nitrogens with one attached hydrogen (secondary N) is 1. The van der Waals surface area contributed by atoms with Crippen LogP contribution < -0.4 is 10.2 Å². The van der Waals surface area contributed by atoms with Gasteiger partial charge < -0.3 is 10.2 Å². The lowest BCUT2D eigenvalue weighted by Gasteiger charge is -2.37. The molecule has 44 heavy (non-hydrogen) atoms. The maximum absolute atomic E-state index is 13.8. The van der Waals surface area contributed by atoms with E-state index in [-0.39, 0.29) is 11.3 Å². The fourth-order valence-electron chi connectivity index (χ4n) is 7.40.